The highest BCUT2D eigenvalue weighted by molar-refractivity contribution is 6.30. The number of halogens is 1. The second-order valence-electron chi connectivity index (χ2n) is 5.13. The molecule has 2 N–H and O–H groups in total. The van der Waals surface area contributed by atoms with Gasteiger partial charge in [0.25, 0.3) is 0 Å². The standard InChI is InChI=1S/C18H21ClN2O3/c1-23-11-4-12-24-17-6-3-2-5-16(17)21-18(22)20-13-14-7-9-15(19)10-8-14/h2-3,5-10H,4,11-13H2,1H3,(H2,20,21,22). The molecule has 2 aromatic rings. The molecule has 0 aromatic heterocycles. The first-order valence-electron chi connectivity index (χ1n) is 7.69. The summed E-state index contributed by atoms with van der Waals surface area (Å²) in [6.45, 7) is 1.58. The number of hydrogen-bond acceptors (Lipinski definition) is 3. The van der Waals surface area contributed by atoms with Crippen molar-refractivity contribution in [1.29, 1.82) is 0 Å². The van der Waals surface area contributed by atoms with E-state index < -0.39 is 0 Å². The molecule has 0 bridgehead atoms. The van der Waals surface area contributed by atoms with Crippen LogP contribution in [0.15, 0.2) is 48.5 Å². The largest absolute Gasteiger partial charge is 0.491 e. The SMILES string of the molecule is COCCCOc1ccccc1NC(=O)NCc1ccc(Cl)cc1. The van der Waals surface area contributed by atoms with Gasteiger partial charge in [-0.3, -0.25) is 0 Å². The minimum Gasteiger partial charge on any atom is -0.491 e. The predicted octanol–water partition coefficient (Wildman–Crippen LogP) is 4.08. The lowest BCUT2D eigenvalue weighted by molar-refractivity contribution is 0.172. The van der Waals surface area contributed by atoms with E-state index in [1.54, 1.807) is 25.3 Å². The Balaban J connectivity index is 1.85. The second kappa shape index (κ2) is 9.80. The summed E-state index contributed by atoms with van der Waals surface area (Å²) in [6, 6.07) is 14.4. The van der Waals surface area contributed by atoms with E-state index in [1.165, 1.54) is 0 Å². The van der Waals surface area contributed by atoms with Crippen molar-refractivity contribution in [2.45, 2.75) is 13.0 Å². The lowest BCUT2D eigenvalue weighted by Gasteiger charge is -2.13. The van der Waals surface area contributed by atoms with E-state index in [4.69, 9.17) is 21.1 Å². The van der Waals surface area contributed by atoms with Crippen LogP contribution in [0.3, 0.4) is 0 Å². The number of para-hydroxylation sites is 2. The number of nitrogens with one attached hydrogen (secondary N) is 2. The smallest absolute Gasteiger partial charge is 0.319 e. The molecule has 0 spiro atoms. The van der Waals surface area contributed by atoms with Crippen LogP contribution in [-0.2, 0) is 11.3 Å². The van der Waals surface area contributed by atoms with Gasteiger partial charge in [-0.2, -0.15) is 0 Å². The highest BCUT2D eigenvalue weighted by atomic mass is 35.5. The number of rotatable bonds is 8. The van der Waals surface area contributed by atoms with Crippen molar-refractivity contribution in [3.63, 3.8) is 0 Å². The third-order valence-corrected chi connectivity index (χ3v) is 3.50. The molecule has 2 amide bonds. The van der Waals surface area contributed by atoms with Gasteiger partial charge in [0.2, 0.25) is 0 Å². The van der Waals surface area contributed by atoms with E-state index in [1.807, 2.05) is 30.3 Å². The van der Waals surface area contributed by atoms with Crippen LogP contribution in [0.1, 0.15) is 12.0 Å². The van der Waals surface area contributed by atoms with E-state index in [-0.39, 0.29) is 6.03 Å². The lowest BCUT2D eigenvalue weighted by Crippen LogP contribution is -2.28. The predicted molar refractivity (Wildman–Crippen MR) is 95.7 cm³/mol. The molecule has 0 saturated carbocycles. The van der Waals surface area contributed by atoms with Crippen molar-refractivity contribution < 1.29 is 14.3 Å². The topological polar surface area (TPSA) is 59.6 Å². The Kier molecular flexibility index (Phi) is 7.39. The highest BCUT2D eigenvalue weighted by Gasteiger charge is 2.07. The molecule has 0 saturated heterocycles. The van der Waals surface area contributed by atoms with Crippen LogP contribution in [-0.4, -0.2) is 26.4 Å². The highest BCUT2D eigenvalue weighted by Crippen LogP contribution is 2.23. The van der Waals surface area contributed by atoms with Gasteiger partial charge in [-0.1, -0.05) is 35.9 Å². The van der Waals surface area contributed by atoms with Crippen molar-refractivity contribution in [1.82, 2.24) is 5.32 Å². The maximum absolute atomic E-state index is 12.1. The summed E-state index contributed by atoms with van der Waals surface area (Å²) in [5.41, 5.74) is 1.60. The molecule has 0 heterocycles. The molecule has 5 nitrogen and oxygen atoms in total. The van der Waals surface area contributed by atoms with Crippen LogP contribution in [0.5, 0.6) is 5.75 Å². The van der Waals surface area contributed by atoms with Gasteiger partial charge in [-0.25, -0.2) is 4.79 Å². The molecule has 0 aliphatic heterocycles. The maximum atomic E-state index is 12.1. The van der Waals surface area contributed by atoms with Gasteiger partial charge in [0, 0.05) is 31.7 Å². The minimum absolute atomic E-state index is 0.294. The number of benzene rings is 2. The zero-order valence-electron chi connectivity index (χ0n) is 13.5. The fraction of sp³-hybridized carbons (Fsp3) is 0.278. The summed E-state index contributed by atoms with van der Waals surface area (Å²) in [4.78, 5) is 12.1. The molecular weight excluding hydrogens is 328 g/mol. The molecule has 128 valence electrons. The van der Waals surface area contributed by atoms with Crippen LogP contribution in [0.2, 0.25) is 5.02 Å². The Bertz CT molecular complexity index is 647. The summed E-state index contributed by atoms with van der Waals surface area (Å²) in [6.07, 6.45) is 0.785. The van der Waals surface area contributed by atoms with Gasteiger partial charge in [0.1, 0.15) is 5.75 Å². The third kappa shape index (κ3) is 6.10. The van der Waals surface area contributed by atoms with E-state index in [0.29, 0.717) is 36.2 Å². The van der Waals surface area contributed by atoms with E-state index in [2.05, 4.69) is 10.6 Å². The normalized spacial score (nSPS) is 10.2. The molecule has 0 fully saturated rings. The molecule has 24 heavy (non-hydrogen) atoms. The molecule has 0 aliphatic rings. The first kappa shape index (κ1) is 18.1. The summed E-state index contributed by atoms with van der Waals surface area (Å²) in [5, 5.41) is 6.27. The Labute approximate surface area is 146 Å². The van der Waals surface area contributed by atoms with E-state index in [9.17, 15) is 4.79 Å². The van der Waals surface area contributed by atoms with E-state index >= 15 is 0 Å². The fourth-order valence-corrected chi connectivity index (χ4v) is 2.16. The number of methoxy groups -OCH3 is 1. The Morgan fingerprint density at radius 1 is 1.08 bits per heavy atom. The van der Waals surface area contributed by atoms with Crippen molar-refractivity contribution in [3.8, 4) is 5.75 Å². The number of hydrogen-bond donors (Lipinski definition) is 2. The fourth-order valence-electron chi connectivity index (χ4n) is 2.03. The second-order valence-corrected chi connectivity index (χ2v) is 5.56. The number of carbonyl (C=O) groups excluding carboxylic acids is 1. The van der Waals surface area contributed by atoms with Gasteiger partial charge in [0.05, 0.1) is 12.3 Å². The van der Waals surface area contributed by atoms with Crippen LogP contribution < -0.4 is 15.4 Å². The van der Waals surface area contributed by atoms with Crippen molar-refractivity contribution in [2.75, 3.05) is 25.6 Å². The van der Waals surface area contributed by atoms with Gasteiger partial charge < -0.3 is 20.1 Å². The number of carbonyl (C=O) groups is 1. The van der Waals surface area contributed by atoms with Gasteiger partial charge >= 0.3 is 6.03 Å². The first-order valence-corrected chi connectivity index (χ1v) is 8.07. The van der Waals surface area contributed by atoms with E-state index in [0.717, 1.165) is 12.0 Å². The molecule has 0 radical (unpaired) electrons. The zero-order valence-corrected chi connectivity index (χ0v) is 14.3. The Morgan fingerprint density at radius 2 is 1.83 bits per heavy atom. The minimum atomic E-state index is -0.294. The molecule has 2 aromatic carbocycles. The zero-order chi connectivity index (χ0) is 17.2. The van der Waals surface area contributed by atoms with Crippen molar-refractivity contribution >= 4 is 23.3 Å². The molecule has 0 aliphatic carbocycles. The Morgan fingerprint density at radius 3 is 2.58 bits per heavy atom. The van der Waals surface area contributed by atoms with Gasteiger partial charge in [-0.15, -0.1) is 0 Å². The number of anilines is 1. The summed E-state index contributed by atoms with van der Waals surface area (Å²) < 4.78 is 10.7. The van der Waals surface area contributed by atoms with Crippen molar-refractivity contribution in [3.05, 3.63) is 59.1 Å². The molecule has 2 rings (SSSR count). The van der Waals surface area contributed by atoms with Gasteiger partial charge in [0.15, 0.2) is 0 Å². The van der Waals surface area contributed by atoms with Crippen LogP contribution >= 0.6 is 11.6 Å². The molecule has 0 unspecified atom stereocenters. The number of amides is 2. The maximum Gasteiger partial charge on any atom is 0.319 e. The molecule has 0 atom stereocenters. The number of ether oxygens (including phenoxy) is 2. The third-order valence-electron chi connectivity index (χ3n) is 3.25. The van der Waals surface area contributed by atoms with Crippen LogP contribution in [0.4, 0.5) is 10.5 Å². The average molecular weight is 349 g/mol. The molecular formula is C18H21ClN2O3. The molecule has 6 heteroatoms. The average Bonchev–Trinajstić information content (AvgIpc) is 2.59. The van der Waals surface area contributed by atoms with Crippen LogP contribution in [0, 0.1) is 0 Å². The van der Waals surface area contributed by atoms with Gasteiger partial charge in [-0.05, 0) is 29.8 Å². The number of urea groups is 1. The summed E-state index contributed by atoms with van der Waals surface area (Å²) >= 11 is 5.84. The quantitative estimate of drug-likeness (QED) is 0.707. The summed E-state index contributed by atoms with van der Waals surface area (Å²) in [5.74, 6) is 0.634. The van der Waals surface area contributed by atoms with Crippen LogP contribution in [0.25, 0.3) is 0 Å². The summed E-state index contributed by atoms with van der Waals surface area (Å²) in [7, 11) is 1.65. The lowest BCUT2D eigenvalue weighted by atomic mass is 10.2. The monoisotopic (exact) mass is 348 g/mol. The van der Waals surface area contributed by atoms with Crippen molar-refractivity contribution in [2.24, 2.45) is 0 Å². The first-order chi connectivity index (χ1) is 11.7. The Hall–Kier alpha value is -2.24.